The lowest BCUT2D eigenvalue weighted by molar-refractivity contribution is -0.139. The van der Waals surface area contributed by atoms with Crippen LogP contribution < -0.4 is 10.6 Å². The van der Waals surface area contributed by atoms with Gasteiger partial charge in [-0.05, 0) is 30.0 Å². The number of carbonyl (C=O) groups excluding carboxylic acids is 2. The topological polar surface area (TPSA) is 122 Å². The summed E-state index contributed by atoms with van der Waals surface area (Å²) in [6, 6.07) is 9.44. The van der Waals surface area contributed by atoms with E-state index < -0.39 is 23.5 Å². The third kappa shape index (κ3) is 4.41. The molecule has 1 saturated heterocycles. The Bertz CT molecular complexity index is 1140. The van der Waals surface area contributed by atoms with Crippen molar-refractivity contribution >= 4 is 11.7 Å². The Balaban J connectivity index is 1.56. The SMILES string of the molecule is CC(C)C(C(=O)C1(C(=O)N[C@@H](C)c2ccc(-c3ccnn3C)cc2)CC(O)CN1)c1cnco1. The first kappa shape index (κ1) is 23.8. The summed E-state index contributed by atoms with van der Waals surface area (Å²) in [5, 5.41) is 20.5. The molecule has 0 aliphatic carbocycles. The first-order chi connectivity index (χ1) is 16.2. The second-order valence-electron chi connectivity index (χ2n) is 9.29. The van der Waals surface area contributed by atoms with Crippen LogP contribution in [0.15, 0.2) is 53.5 Å². The van der Waals surface area contributed by atoms with E-state index in [1.165, 1.54) is 12.6 Å². The van der Waals surface area contributed by atoms with Crippen molar-refractivity contribution in [3.63, 3.8) is 0 Å². The number of Topliss-reactive ketones (excluding diaryl/α,β-unsaturated/α-hetero) is 1. The highest BCUT2D eigenvalue weighted by Gasteiger charge is 2.54. The fourth-order valence-corrected chi connectivity index (χ4v) is 4.67. The number of aryl methyl sites for hydroxylation is 1. The van der Waals surface area contributed by atoms with Crippen molar-refractivity contribution in [3.05, 3.63) is 60.4 Å². The average Bonchev–Trinajstić information content (AvgIpc) is 3.56. The number of hydrogen-bond donors (Lipinski definition) is 3. The second-order valence-corrected chi connectivity index (χ2v) is 9.29. The fourth-order valence-electron chi connectivity index (χ4n) is 4.67. The minimum atomic E-state index is -1.55. The molecule has 9 heteroatoms. The number of benzene rings is 1. The van der Waals surface area contributed by atoms with Gasteiger partial charge in [-0.25, -0.2) is 4.98 Å². The quantitative estimate of drug-likeness (QED) is 0.437. The van der Waals surface area contributed by atoms with Gasteiger partial charge < -0.3 is 14.8 Å². The maximum absolute atomic E-state index is 13.8. The highest BCUT2D eigenvalue weighted by atomic mass is 16.3. The second kappa shape index (κ2) is 9.52. The van der Waals surface area contributed by atoms with E-state index in [2.05, 4.69) is 20.7 Å². The van der Waals surface area contributed by atoms with E-state index in [9.17, 15) is 14.7 Å². The summed E-state index contributed by atoms with van der Waals surface area (Å²) in [5.74, 6) is -1.16. The van der Waals surface area contributed by atoms with Gasteiger partial charge in [0.15, 0.2) is 17.7 Å². The maximum atomic E-state index is 13.8. The number of carbonyl (C=O) groups is 2. The lowest BCUT2D eigenvalue weighted by atomic mass is 9.77. The van der Waals surface area contributed by atoms with Crippen molar-refractivity contribution in [2.24, 2.45) is 13.0 Å². The Morgan fingerprint density at radius 3 is 2.50 bits per heavy atom. The molecule has 1 aromatic carbocycles. The monoisotopic (exact) mass is 465 g/mol. The van der Waals surface area contributed by atoms with Crippen molar-refractivity contribution < 1.29 is 19.1 Å². The van der Waals surface area contributed by atoms with Gasteiger partial charge in [-0.3, -0.25) is 19.6 Å². The molecule has 1 amide bonds. The molecule has 1 aliphatic rings. The number of aliphatic hydroxyl groups is 1. The number of nitrogens with zero attached hydrogens (tertiary/aromatic N) is 3. The van der Waals surface area contributed by atoms with E-state index in [4.69, 9.17) is 4.42 Å². The molecule has 1 aliphatic heterocycles. The number of aromatic nitrogens is 3. The Morgan fingerprint density at radius 1 is 1.24 bits per heavy atom. The highest BCUT2D eigenvalue weighted by molar-refractivity contribution is 6.13. The maximum Gasteiger partial charge on any atom is 0.248 e. The van der Waals surface area contributed by atoms with Crippen LogP contribution in [0.1, 0.15) is 50.5 Å². The zero-order valence-electron chi connectivity index (χ0n) is 19.9. The summed E-state index contributed by atoms with van der Waals surface area (Å²) >= 11 is 0. The van der Waals surface area contributed by atoms with E-state index in [0.717, 1.165) is 16.8 Å². The van der Waals surface area contributed by atoms with Crippen molar-refractivity contribution in [2.75, 3.05) is 6.54 Å². The first-order valence-corrected chi connectivity index (χ1v) is 11.5. The number of aliphatic hydroxyl groups excluding tert-OH is 1. The van der Waals surface area contributed by atoms with Crippen molar-refractivity contribution in [1.29, 1.82) is 0 Å². The summed E-state index contributed by atoms with van der Waals surface area (Å²) in [7, 11) is 1.88. The smallest absolute Gasteiger partial charge is 0.248 e. The lowest BCUT2D eigenvalue weighted by Gasteiger charge is -2.32. The molecule has 0 spiro atoms. The number of hydrogen-bond acceptors (Lipinski definition) is 7. The molecule has 34 heavy (non-hydrogen) atoms. The molecule has 0 bridgehead atoms. The van der Waals surface area contributed by atoms with Gasteiger partial charge in [-0.1, -0.05) is 38.1 Å². The molecule has 0 radical (unpaired) electrons. The van der Waals surface area contributed by atoms with Crippen LogP contribution in [0.25, 0.3) is 11.3 Å². The van der Waals surface area contributed by atoms with Gasteiger partial charge in [0.1, 0.15) is 5.76 Å². The molecule has 1 fully saturated rings. The Hall–Kier alpha value is -3.30. The van der Waals surface area contributed by atoms with Gasteiger partial charge in [0.25, 0.3) is 0 Å². The normalized spacial score (nSPS) is 22.0. The molecule has 2 aromatic heterocycles. The van der Waals surface area contributed by atoms with Crippen LogP contribution in [-0.4, -0.2) is 49.7 Å². The van der Waals surface area contributed by atoms with Crippen molar-refractivity contribution in [3.8, 4) is 11.3 Å². The van der Waals surface area contributed by atoms with E-state index in [1.807, 2.05) is 58.2 Å². The Labute approximate surface area is 198 Å². The number of amides is 1. The summed E-state index contributed by atoms with van der Waals surface area (Å²) in [5.41, 5.74) is 1.35. The van der Waals surface area contributed by atoms with Gasteiger partial charge in [0, 0.05) is 26.2 Å². The molecule has 3 unspecified atom stereocenters. The molecule has 9 nitrogen and oxygen atoms in total. The average molecular weight is 466 g/mol. The fraction of sp³-hybridized carbons (Fsp3) is 0.440. The number of ketones is 1. The molecular weight excluding hydrogens is 434 g/mol. The third-order valence-electron chi connectivity index (χ3n) is 6.57. The molecule has 180 valence electrons. The third-order valence-corrected chi connectivity index (χ3v) is 6.57. The van der Waals surface area contributed by atoms with E-state index >= 15 is 0 Å². The standard InChI is InChI=1S/C25H31N5O4/c1-15(2)22(21-13-26-14-34-21)23(32)25(11-19(31)12-27-25)24(33)29-16(3)17-5-7-18(8-6-17)20-9-10-28-30(20)4/h5-10,13-16,19,22,27,31H,11-12H2,1-4H3,(H,29,33)/t16-,19?,22?,25?/m0/s1. The molecule has 3 aromatic rings. The molecular formula is C25H31N5O4. The summed E-state index contributed by atoms with van der Waals surface area (Å²) in [6.07, 6.45) is 3.73. The van der Waals surface area contributed by atoms with Gasteiger partial charge in [0.2, 0.25) is 5.91 Å². The largest absolute Gasteiger partial charge is 0.448 e. The zero-order valence-corrected chi connectivity index (χ0v) is 19.9. The molecule has 4 atom stereocenters. The van der Waals surface area contributed by atoms with Crippen LogP contribution >= 0.6 is 0 Å². The van der Waals surface area contributed by atoms with E-state index in [0.29, 0.717) is 5.76 Å². The summed E-state index contributed by atoms with van der Waals surface area (Å²) in [4.78, 5) is 31.3. The highest BCUT2D eigenvalue weighted by Crippen LogP contribution is 2.34. The van der Waals surface area contributed by atoms with Gasteiger partial charge >= 0.3 is 0 Å². The minimum absolute atomic E-state index is 0.00116. The molecule has 3 heterocycles. The van der Waals surface area contributed by atoms with E-state index in [1.54, 1.807) is 10.9 Å². The zero-order chi connectivity index (χ0) is 24.5. The first-order valence-electron chi connectivity index (χ1n) is 11.5. The van der Waals surface area contributed by atoms with Crippen molar-refractivity contribution in [2.45, 2.75) is 50.8 Å². The number of oxazole rings is 1. The van der Waals surface area contributed by atoms with Gasteiger partial charge in [-0.2, -0.15) is 5.10 Å². The predicted molar refractivity (Wildman–Crippen MR) is 126 cm³/mol. The number of nitrogens with one attached hydrogen (secondary N) is 2. The van der Waals surface area contributed by atoms with Crippen LogP contribution in [0.5, 0.6) is 0 Å². The summed E-state index contributed by atoms with van der Waals surface area (Å²) < 4.78 is 7.23. The van der Waals surface area contributed by atoms with Gasteiger partial charge in [0.05, 0.1) is 30.0 Å². The minimum Gasteiger partial charge on any atom is -0.448 e. The van der Waals surface area contributed by atoms with Crippen LogP contribution in [0.2, 0.25) is 0 Å². The van der Waals surface area contributed by atoms with Gasteiger partial charge in [-0.15, -0.1) is 0 Å². The predicted octanol–water partition coefficient (Wildman–Crippen LogP) is 2.35. The molecule has 3 N–H and O–H groups in total. The van der Waals surface area contributed by atoms with Crippen LogP contribution in [0.3, 0.4) is 0 Å². The molecule has 0 saturated carbocycles. The molecule has 4 rings (SSSR count). The van der Waals surface area contributed by atoms with Crippen LogP contribution in [0.4, 0.5) is 0 Å². The summed E-state index contributed by atoms with van der Waals surface area (Å²) in [6.45, 7) is 5.83. The Kier molecular flexibility index (Phi) is 6.67. The van der Waals surface area contributed by atoms with Crippen molar-refractivity contribution in [1.82, 2.24) is 25.4 Å². The Morgan fingerprint density at radius 2 is 1.97 bits per heavy atom. The lowest BCUT2D eigenvalue weighted by Crippen LogP contribution is -2.61. The van der Waals surface area contributed by atoms with E-state index in [-0.39, 0.29) is 30.7 Å². The number of β-amino-alcohol motifs (C(OH)–C–C–N with tert-alkyl or cyclic N) is 1. The van der Waals surface area contributed by atoms with Crippen LogP contribution in [0, 0.1) is 5.92 Å². The number of rotatable bonds is 8. The van der Waals surface area contributed by atoms with Crippen LogP contribution in [-0.2, 0) is 16.6 Å².